The second-order valence-electron chi connectivity index (χ2n) is 5.37. The summed E-state index contributed by atoms with van der Waals surface area (Å²) in [6.45, 7) is 1.02. The number of esters is 1. The van der Waals surface area contributed by atoms with Crippen molar-refractivity contribution in [2.24, 2.45) is 5.73 Å². The number of ether oxygens (including phenoxy) is 3. The highest BCUT2D eigenvalue weighted by atomic mass is 16.6. The van der Waals surface area contributed by atoms with Gasteiger partial charge in [0.1, 0.15) is 11.5 Å². The van der Waals surface area contributed by atoms with Gasteiger partial charge in [-0.05, 0) is 43.3 Å². The van der Waals surface area contributed by atoms with E-state index >= 15 is 0 Å². The topological polar surface area (TPSA) is 105 Å². The molecule has 0 heterocycles. The van der Waals surface area contributed by atoms with Crippen LogP contribution in [0.5, 0.6) is 11.5 Å². The summed E-state index contributed by atoms with van der Waals surface area (Å²) in [7, 11) is 1.53. The van der Waals surface area contributed by atoms with Crippen molar-refractivity contribution in [3.8, 4) is 11.5 Å². The third-order valence-electron chi connectivity index (χ3n) is 3.55. The summed E-state index contributed by atoms with van der Waals surface area (Å²) in [6.07, 6.45) is -0.981. The van der Waals surface area contributed by atoms with Crippen LogP contribution >= 0.6 is 0 Å². The maximum Gasteiger partial charge on any atom is 0.344 e. The number of nitrogens with two attached hydrogens (primary N) is 1. The van der Waals surface area contributed by atoms with Crippen molar-refractivity contribution in [3.05, 3.63) is 59.7 Å². The number of hydrogen-bond acceptors (Lipinski definition) is 6. The molecule has 0 aliphatic heterocycles. The molecule has 0 saturated carbocycles. The van der Waals surface area contributed by atoms with Gasteiger partial charge >= 0.3 is 5.97 Å². The van der Waals surface area contributed by atoms with Crippen LogP contribution in [0.4, 0.5) is 0 Å². The summed E-state index contributed by atoms with van der Waals surface area (Å²) in [4.78, 5) is 35.5. The molecule has 7 heteroatoms. The van der Waals surface area contributed by atoms with E-state index in [1.165, 1.54) is 26.2 Å². The molecule has 0 saturated heterocycles. The zero-order valence-electron chi connectivity index (χ0n) is 14.4. The van der Waals surface area contributed by atoms with E-state index in [0.29, 0.717) is 11.3 Å². The van der Waals surface area contributed by atoms with Crippen molar-refractivity contribution in [2.75, 3.05) is 13.7 Å². The van der Waals surface area contributed by atoms with Gasteiger partial charge in [0.15, 0.2) is 12.7 Å². The summed E-state index contributed by atoms with van der Waals surface area (Å²) in [5.41, 5.74) is 5.79. The van der Waals surface area contributed by atoms with E-state index < -0.39 is 24.6 Å². The van der Waals surface area contributed by atoms with Crippen LogP contribution in [0.2, 0.25) is 0 Å². The maximum absolute atomic E-state index is 12.3. The summed E-state index contributed by atoms with van der Waals surface area (Å²) in [5, 5.41) is 0. The number of methoxy groups -OCH3 is 1. The van der Waals surface area contributed by atoms with Crippen molar-refractivity contribution in [1.29, 1.82) is 0 Å². The number of Topliss-reactive ketones (excluding diaryl/α,β-unsaturated/α-hetero) is 1. The molecule has 0 aliphatic carbocycles. The number of carbonyl (C=O) groups is 3. The highest BCUT2D eigenvalue weighted by Gasteiger charge is 2.20. The fraction of sp³-hybridized carbons (Fsp3) is 0.211. The van der Waals surface area contributed by atoms with Gasteiger partial charge in [0.2, 0.25) is 5.78 Å². The number of carbonyl (C=O) groups excluding carboxylic acids is 3. The number of amides is 1. The molecule has 0 unspecified atom stereocenters. The molecule has 1 amide bonds. The lowest BCUT2D eigenvalue weighted by molar-refractivity contribution is -0.148. The molecule has 0 aromatic heterocycles. The summed E-state index contributed by atoms with van der Waals surface area (Å²) >= 11 is 0. The van der Waals surface area contributed by atoms with Crippen molar-refractivity contribution >= 4 is 17.7 Å². The first kappa shape index (κ1) is 19.0. The van der Waals surface area contributed by atoms with Gasteiger partial charge in [-0.2, -0.15) is 0 Å². The lowest BCUT2D eigenvalue weighted by Gasteiger charge is -2.14. The molecule has 2 rings (SSSR count). The standard InChI is InChI=1S/C19H19NO6/c1-12(18(22)13-7-9-14(24-2)10-8-13)26-17(21)11-25-16-6-4-3-5-15(16)19(20)23/h3-10,12H,11H2,1-2H3,(H2,20,23)/t12-/m0/s1. The fourth-order valence-electron chi connectivity index (χ4n) is 2.21. The predicted molar refractivity (Wildman–Crippen MR) is 93.3 cm³/mol. The van der Waals surface area contributed by atoms with Crippen molar-refractivity contribution in [3.63, 3.8) is 0 Å². The molecule has 136 valence electrons. The van der Waals surface area contributed by atoms with E-state index in [2.05, 4.69) is 0 Å². The highest BCUT2D eigenvalue weighted by Crippen LogP contribution is 2.17. The van der Waals surface area contributed by atoms with Crippen molar-refractivity contribution in [1.82, 2.24) is 0 Å². The van der Waals surface area contributed by atoms with Gasteiger partial charge in [-0.1, -0.05) is 12.1 Å². The Morgan fingerprint density at radius 1 is 1.04 bits per heavy atom. The quantitative estimate of drug-likeness (QED) is 0.572. The molecule has 2 aromatic carbocycles. The van der Waals surface area contributed by atoms with Gasteiger partial charge in [-0.15, -0.1) is 0 Å². The number of primary amides is 1. The van der Waals surface area contributed by atoms with Gasteiger partial charge in [-0.3, -0.25) is 9.59 Å². The Labute approximate surface area is 150 Å². The molecule has 0 spiro atoms. The van der Waals surface area contributed by atoms with Crippen LogP contribution in [0.1, 0.15) is 27.6 Å². The Kier molecular flexibility index (Phi) is 6.32. The summed E-state index contributed by atoms with van der Waals surface area (Å²) < 4.78 is 15.4. The van der Waals surface area contributed by atoms with Gasteiger partial charge in [0.05, 0.1) is 12.7 Å². The molecule has 7 nitrogen and oxygen atoms in total. The number of para-hydroxylation sites is 1. The SMILES string of the molecule is COc1ccc(C(=O)[C@H](C)OC(=O)COc2ccccc2C(N)=O)cc1. The third-order valence-corrected chi connectivity index (χ3v) is 3.55. The lowest BCUT2D eigenvalue weighted by atomic mass is 10.1. The van der Waals surface area contributed by atoms with Crippen LogP contribution in [0.3, 0.4) is 0 Å². The van der Waals surface area contributed by atoms with E-state index in [9.17, 15) is 14.4 Å². The van der Waals surface area contributed by atoms with E-state index in [-0.39, 0.29) is 17.1 Å². The zero-order chi connectivity index (χ0) is 19.1. The minimum Gasteiger partial charge on any atom is -0.497 e. The Bertz CT molecular complexity index is 800. The van der Waals surface area contributed by atoms with Crippen LogP contribution in [0, 0.1) is 0 Å². The van der Waals surface area contributed by atoms with Crippen LogP contribution in [0.25, 0.3) is 0 Å². The number of hydrogen-bond donors (Lipinski definition) is 1. The predicted octanol–water partition coefficient (Wildman–Crippen LogP) is 1.99. The summed E-state index contributed by atoms with van der Waals surface area (Å²) in [5.74, 6) is -0.965. The molecule has 0 fully saturated rings. The molecule has 0 bridgehead atoms. The minimum atomic E-state index is -0.981. The largest absolute Gasteiger partial charge is 0.497 e. The highest BCUT2D eigenvalue weighted by molar-refractivity contribution is 6.00. The Morgan fingerprint density at radius 3 is 2.31 bits per heavy atom. The number of rotatable bonds is 8. The Hall–Kier alpha value is -3.35. The normalized spacial score (nSPS) is 11.3. The third kappa shape index (κ3) is 4.83. The first-order valence-corrected chi connectivity index (χ1v) is 7.81. The van der Waals surface area contributed by atoms with Crippen molar-refractivity contribution in [2.45, 2.75) is 13.0 Å². The maximum atomic E-state index is 12.3. The molecule has 2 aromatic rings. The average molecular weight is 357 g/mol. The fourth-order valence-corrected chi connectivity index (χ4v) is 2.21. The van der Waals surface area contributed by atoms with Crippen LogP contribution in [-0.4, -0.2) is 37.5 Å². The van der Waals surface area contributed by atoms with E-state index in [1.807, 2.05) is 0 Å². The molecule has 26 heavy (non-hydrogen) atoms. The van der Waals surface area contributed by atoms with Crippen LogP contribution in [-0.2, 0) is 9.53 Å². The molecular weight excluding hydrogens is 338 g/mol. The van der Waals surface area contributed by atoms with Gasteiger partial charge < -0.3 is 19.9 Å². The van der Waals surface area contributed by atoms with E-state index in [1.54, 1.807) is 36.4 Å². The number of ketones is 1. The van der Waals surface area contributed by atoms with E-state index in [0.717, 1.165) is 0 Å². The van der Waals surface area contributed by atoms with Crippen molar-refractivity contribution < 1.29 is 28.6 Å². The van der Waals surface area contributed by atoms with Crippen LogP contribution in [0.15, 0.2) is 48.5 Å². The smallest absolute Gasteiger partial charge is 0.344 e. The average Bonchev–Trinajstić information content (AvgIpc) is 2.66. The van der Waals surface area contributed by atoms with E-state index in [4.69, 9.17) is 19.9 Å². The minimum absolute atomic E-state index is 0.155. The lowest BCUT2D eigenvalue weighted by Crippen LogP contribution is -2.27. The van der Waals surface area contributed by atoms with Gasteiger partial charge in [0.25, 0.3) is 5.91 Å². The van der Waals surface area contributed by atoms with Crippen LogP contribution < -0.4 is 15.2 Å². The Balaban J connectivity index is 1.92. The second-order valence-corrected chi connectivity index (χ2v) is 5.37. The number of benzene rings is 2. The molecule has 0 radical (unpaired) electrons. The second kappa shape index (κ2) is 8.66. The molecule has 2 N–H and O–H groups in total. The van der Waals surface area contributed by atoms with Gasteiger partial charge in [0, 0.05) is 5.56 Å². The van der Waals surface area contributed by atoms with Gasteiger partial charge in [-0.25, -0.2) is 4.79 Å². The molecule has 0 aliphatic rings. The first-order chi connectivity index (χ1) is 12.4. The Morgan fingerprint density at radius 2 is 1.69 bits per heavy atom. The summed E-state index contributed by atoms with van der Waals surface area (Å²) in [6, 6.07) is 12.7. The monoisotopic (exact) mass is 357 g/mol. The zero-order valence-corrected chi connectivity index (χ0v) is 14.4. The molecular formula is C19H19NO6. The first-order valence-electron chi connectivity index (χ1n) is 7.81. The molecule has 1 atom stereocenters.